The Morgan fingerprint density at radius 2 is 1.73 bits per heavy atom. The highest BCUT2D eigenvalue weighted by Crippen LogP contribution is 2.20. The average Bonchev–Trinajstić information content (AvgIpc) is 3.43. The van der Waals surface area contributed by atoms with Gasteiger partial charge in [-0.25, -0.2) is 0 Å². The van der Waals surface area contributed by atoms with E-state index in [-0.39, 0.29) is 11.6 Å². The minimum Gasteiger partial charge on any atom is -0.494 e. The fourth-order valence-corrected chi connectivity index (χ4v) is 3.13. The van der Waals surface area contributed by atoms with Crippen LogP contribution < -0.4 is 10.1 Å². The molecule has 0 spiro atoms. The van der Waals surface area contributed by atoms with Crippen LogP contribution in [-0.2, 0) is 6.54 Å². The quantitative estimate of drug-likeness (QED) is 0.512. The first-order chi connectivity index (χ1) is 14.7. The highest BCUT2D eigenvalue weighted by Gasteiger charge is 2.22. The van der Waals surface area contributed by atoms with Crippen LogP contribution in [0.25, 0.3) is 11.5 Å². The maximum absolute atomic E-state index is 12.9. The van der Waals surface area contributed by atoms with Crippen LogP contribution in [0.5, 0.6) is 5.75 Å². The standard InChI is InChI=1S/C23H23N5O2/c1-3-30-20-12-10-19(11-13-20)28-23(27-14-4-5-15-27)21(25-26-28)22(29)24-16-18-8-6-17(2)7-9-18/h4-15H,3,16H2,1-2H3,(H,24,29). The predicted octanol–water partition coefficient (Wildman–Crippen LogP) is 3.70. The largest absolute Gasteiger partial charge is 0.494 e. The minimum atomic E-state index is -0.281. The molecule has 0 aliphatic rings. The Bertz CT molecular complexity index is 1110. The summed E-state index contributed by atoms with van der Waals surface area (Å²) in [6, 6.07) is 19.4. The van der Waals surface area contributed by atoms with E-state index in [1.54, 1.807) is 4.68 Å². The SMILES string of the molecule is CCOc1ccc(-n2nnc(C(=O)NCc3ccc(C)cc3)c2-n2cccc2)cc1. The van der Waals surface area contributed by atoms with Gasteiger partial charge in [-0.2, -0.15) is 4.68 Å². The highest BCUT2D eigenvalue weighted by atomic mass is 16.5. The molecule has 4 rings (SSSR count). The minimum absolute atomic E-state index is 0.257. The Morgan fingerprint density at radius 1 is 1.03 bits per heavy atom. The van der Waals surface area contributed by atoms with Gasteiger partial charge in [0.2, 0.25) is 0 Å². The van der Waals surface area contributed by atoms with Crippen LogP contribution >= 0.6 is 0 Å². The van der Waals surface area contributed by atoms with Crippen LogP contribution in [-0.4, -0.2) is 32.1 Å². The summed E-state index contributed by atoms with van der Waals surface area (Å²) in [5, 5.41) is 11.4. The van der Waals surface area contributed by atoms with Crippen LogP contribution in [0.15, 0.2) is 73.1 Å². The molecule has 152 valence electrons. The van der Waals surface area contributed by atoms with Gasteiger partial charge in [0.25, 0.3) is 5.91 Å². The fourth-order valence-electron chi connectivity index (χ4n) is 3.13. The molecule has 0 atom stereocenters. The first-order valence-corrected chi connectivity index (χ1v) is 9.81. The Morgan fingerprint density at radius 3 is 2.40 bits per heavy atom. The van der Waals surface area contributed by atoms with Crippen LogP contribution in [0.2, 0.25) is 0 Å². The summed E-state index contributed by atoms with van der Waals surface area (Å²) in [5.41, 5.74) is 3.24. The van der Waals surface area contributed by atoms with Gasteiger partial charge in [-0.3, -0.25) is 4.79 Å². The van der Waals surface area contributed by atoms with Crippen molar-refractivity contribution in [3.8, 4) is 17.3 Å². The van der Waals surface area contributed by atoms with Gasteiger partial charge >= 0.3 is 0 Å². The molecule has 0 bridgehead atoms. The summed E-state index contributed by atoms with van der Waals surface area (Å²) in [5.74, 6) is 1.07. The molecule has 2 heterocycles. The predicted molar refractivity (Wildman–Crippen MR) is 114 cm³/mol. The summed E-state index contributed by atoms with van der Waals surface area (Å²) in [4.78, 5) is 12.9. The number of benzene rings is 2. The molecule has 30 heavy (non-hydrogen) atoms. The second kappa shape index (κ2) is 8.65. The van der Waals surface area contributed by atoms with Crippen molar-refractivity contribution in [3.05, 3.63) is 89.9 Å². The zero-order valence-corrected chi connectivity index (χ0v) is 16.9. The van der Waals surface area contributed by atoms with E-state index >= 15 is 0 Å². The van der Waals surface area contributed by atoms with E-state index in [1.807, 2.05) is 91.5 Å². The zero-order valence-electron chi connectivity index (χ0n) is 16.9. The number of carbonyl (C=O) groups is 1. The molecule has 1 N–H and O–H groups in total. The van der Waals surface area contributed by atoms with Crippen molar-refractivity contribution in [1.29, 1.82) is 0 Å². The van der Waals surface area contributed by atoms with Gasteiger partial charge in [-0.15, -0.1) is 5.10 Å². The molecule has 2 aromatic heterocycles. The van der Waals surface area contributed by atoms with Crippen LogP contribution in [0, 0.1) is 6.92 Å². The summed E-state index contributed by atoms with van der Waals surface area (Å²) >= 11 is 0. The van der Waals surface area contributed by atoms with Crippen LogP contribution in [0.1, 0.15) is 28.5 Å². The summed E-state index contributed by atoms with van der Waals surface area (Å²) < 4.78 is 8.99. The van der Waals surface area contributed by atoms with Gasteiger partial charge in [-0.05, 0) is 55.8 Å². The van der Waals surface area contributed by atoms with Gasteiger partial charge < -0.3 is 14.6 Å². The van der Waals surface area contributed by atoms with Crippen molar-refractivity contribution in [2.45, 2.75) is 20.4 Å². The number of hydrogen-bond acceptors (Lipinski definition) is 4. The monoisotopic (exact) mass is 401 g/mol. The molecule has 7 heteroatoms. The van der Waals surface area contributed by atoms with E-state index in [0.717, 1.165) is 17.0 Å². The van der Waals surface area contributed by atoms with Crippen molar-refractivity contribution in [2.24, 2.45) is 0 Å². The maximum Gasteiger partial charge on any atom is 0.276 e. The van der Waals surface area contributed by atoms with Gasteiger partial charge in [-0.1, -0.05) is 35.0 Å². The number of ether oxygens (including phenoxy) is 1. The van der Waals surface area contributed by atoms with Gasteiger partial charge in [0.05, 0.1) is 12.3 Å². The second-order valence-corrected chi connectivity index (χ2v) is 6.86. The number of nitrogens with one attached hydrogen (secondary N) is 1. The van der Waals surface area contributed by atoms with Crippen molar-refractivity contribution < 1.29 is 9.53 Å². The summed E-state index contributed by atoms with van der Waals surface area (Å²) in [7, 11) is 0. The first kappa shape index (κ1) is 19.4. The van der Waals surface area contributed by atoms with Gasteiger partial charge in [0, 0.05) is 18.9 Å². The van der Waals surface area contributed by atoms with E-state index in [0.29, 0.717) is 19.0 Å². The average molecular weight is 401 g/mol. The van der Waals surface area contributed by atoms with E-state index in [9.17, 15) is 4.79 Å². The Labute approximate surface area is 174 Å². The number of carbonyl (C=O) groups excluding carboxylic acids is 1. The van der Waals surface area contributed by atoms with Crippen molar-refractivity contribution in [3.63, 3.8) is 0 Å². The molecule has 0 aliphatic heterocycles. The maximum atomic E-state index is 12.9. The molecular formula is C23H23N5O2. The van der Waals surface area contributed by atoms with Crippen molar-refractivity contribution in [1.82, 2.24) is 24.9 Å². The van der Waals surface area contributed by atoms with Crippen molar-refractivity contribution >= 4 is 5.91 Å². The molecule has 0 radical (unpaired) electrons. The molecule has 1 amide bonds. The highest BCUT2D eigenvalue weighted by molar-refractivity contribution is 5.95. The van der Waals surface area contributed by atoms with E-state index in [4.69, 9.17) is 4.74 Å². The Balaban J connectivity index is 1.63. The second-order valence-electron chi connectivity index (χ2n) is 6.86. The fraction of sp³-hybridized carbons (Fsp3) is 0.174. The normalized spacial score (nSPS) is 10.7. The van der Waals surface area contributed by atoms with E-state index in [2.05, 4.69) is 15.6 Å². The Kier molecular flexibility index (Phi) is 5.61. The lowest BCUT2D eigenvalue weighted by atomic mass is 10.1. The lowest BCUT2D eigenvalue weighted by Crippen LogP contribution is -2.24. The Hall–Kier alpha value is -3.87. The number of aryl methyl sites for hydroxylation is 1. The van der Waals surface area contributed by atoms with E-state index in [1.165, 1.54) is 5.56 Å². The molecule has 4 aromatic rings. The first-order valence-electron chi connectivity index (χ1n) is 9.81. The van der Waals surface area contributed by atoms with Crippen molar-refractivity contribution in [2.75, 3.05) is 6.61 Å². The lowest BCUT2D eigenvalue weighted by Gasteiger charge is -2.10. The third kappa shape index (κ3) is 4.10. The number of hydrogen-bond donors (Lipinski definition) is 1. The number of nitrogens with zero attached hydrogens (tertiary/aromatic N) is 4. The smallest absolute Gasteiger partial charge is 0.276 e. The van der Waals surface area contributed by atoms with Gasteiger partial charge in [0.15, 0.2) is 11.5 Å². The third-order valence-corrected chi connectivity index (χ3v) is 4.68. The summed E-state index contributed by atoms with van der Waals surface area (Å²) in [6.07, 6.45) is 3.72. The molecule has 7 nitrogen and oxygen atoms in total. The number of aromatic nitrogens is 4. The zero-order chi connectivity index (χ0) is 20.9. The number of amides is 1. The van der Waals surface area contributed by atoms with Gasteiger partial charge in [0.1, 0.15) is 5.75 Å². The molecule has 0 saturated carbocycles. The topological polar surface area (TPSA) is 74.0 Å². The molecule has 0 aliphatic carbocycles. The van der Waals surface area contributed by atoms with Crippen LogP contribution in [0.3, 0.4) is 0 Å². The molecule has 0 unspecified atom stereocenters. The summed E-state index contributed by atoms with van der Waals surface area (Å²) in [6.45, 7) is 4.99. The lowest BCUT2D eigenvalue weighted by molar-refractivity contribution is 0.0946. The number of rotatable bonds is 7. The molecule has 2 aromatic carbocycles. The molecular weight excluding hydrogens is 378 g/mol. The molecule has 0 fully saturated rings. The third-order valence-electron chi connectivity index (χ3n) is 4.68. The molecule has 0 saturated heterocycles. The van der Waals surface area contributed by atoms with E-state index < -0.39 is 0 Å². The van der Waals surface area contributed by atoms with Crippen LogP contribution in [0.4, 0.5) is 0 Å².